The largest absolute Gasteiger partial charge is 0.507 e. The molecule has 8 heteroatoms. The van der Waals surface area contributed by atoms with Crippen LogP contribution in [0.1, 0.15) is 50.7 Å². The lowest BCUT2D eigenvalue weighted by Gasteiger charge is -2.18. The highest BCUT2D eigenvalue weighted by molar-refractivity contribution is 7.56. The van der Waals surface area contributed by atoms with Crippen molar-refractivity contribution in [1.29, 1.82) is 0 Å². The zero-order chi connectivity index (χ0) is 27.2. The minimum Gasteiger partial charge on any atom is -0.507 e. The standard InChI is InChI=1S/C29H34NO6P/c1-5-36-29(33)26(17-21-9-7-6-8-10-21)30-28(32)25-16-22(11-12-27(25)31)15-24-19(2)13-23(14-20(24)3)18-37(4,34)35/h6-14,16,26,31H,5,15,17-18H2,1-4H3,(H,30,32)(H,34,35). The fourth-order valence-corrected chi connectivity index (χ4v) is 5.25. The van der Waals surface area contributed by atoms with Crippen LogP contribution in [-0.4, -0.2) is 41.2 Å². The predicted octanol–water partition coefficient (Wildman–Crippen LogP) is 4.90. The molecule has 0 fully saturated rings. The van der Waals surface area contributed by atoms with Crippen LogP contribution in [0.15, 0.2) is 60.7 Å². The summed E-state index contributed by atoms with van der Waals surface area (Å²) < 4.78 is 17.0. The van der Waals surface area contributed by atoms with E-state index in [4.69, 9.17) is 4.74 Å². The van der Waals surface area contributed by atoms with Crippen LogP contribution in [0, 0.1) is 13.8 Å². The first kappa shape index (κ1) is 28.2. The summed E-state index contributed by atoms with van der Waals surface area (Å²) in [6.07, 6.45) is 0.880. The maximum absolute atomic E-state index is 13.2. The Morgan fingerprint density at radius 2 is 1.62 bits per heavy atom. The summed E-state index contributed by atoms with van der Waals surface area (Å²) in [5.74, 6) is -1.30. The van der Waals surface area contributed by atoms with E-state index in [0.29, 0.717) is 6.42 Å². The molecular formula is C29H34NO6P. The van der Waals surface area contributed by atoms with Crippen molar-refractivity contribution in [3.05, 3.63) is 99.6 Å². The summed E-state index contributed by atoms with van der Waals surface area (Å²) in [6, 6.07) is 17.1. The van der Waals surface area contributed by atoms with Gasteiger partial charge in [-0.05, 0) is 72.7 Å². The topological polar surface area (TPSA) is 113 Å². The molecule has 0 heterocycles. The van der Waals surface area contributed by atoms with E-state index in [1.807, 2.05) is 56.3 Å². The molecule has 0 aromatic heterocycles. The first-order valence-corrected chi connectivity index (χ1v) is 14.5. The number of nitrogens with one attached hydrogen (secondary N) is 1. The zero-order valence-corrected chi connectivity index (χ0v) is 22.5. The number of esters is 1. The Morgan fingerprint density at radius 1 is 0.973 bits per heavy atom. The molecule has 0 radical (unpaired) electrons. The van der Waals surface area contributed by atoms with Crippen LogP contribution in [-0.2, 0) is 33.1 Å². The van der Waals surface area contributed by atoms with Gasteiger partial charge in [0.05, 0.1) is 12.2 Å². The number of aromatic hydroxyl groups is 1. The SMILES string of the molecule is CCOC(=O)C(Cc1ccccc1)NC(=O)c1cc(Cc2c(C)cc(CP(C)(=O)O)cc2C)ccc1O. The number of ether oxygens (including phenoxy) is 1. The van der Waals surface area contributed by atoms with E-state index in [9.17, 15) is 24.2 Å². The molecule has 0 spiro atoms. The monoisotopic (exact) mass is 523 g/mol. The maximum Gasteiger partial charge on any atom is 0.328 e. The molecule has 3 N–H and O–H groups in total. The van der Waals surface area contributed by atoms with Gasteiger partial charge in [0.1, 0.15) is 11.8 Å². The maximum atomic E-state index is 13.2. The molecule has 0 aliphatic rings. The molecular weight excluding hydrogens is 489 g/mol. The average Bonchev–Trinajstić information content (AvgIpc) is 2.81. The second-order valence-corrected chi connectivity index (χ2v) is 11.8. The molecule has 2 atom stereocenters. The third-order valence-electron chi connectivity index (χ3n) is 6.08. The molecule has 7 nitrogen and oxygen atoms in total. The van der Waals surface area contributed by atoms with Crippen LogP contribution >= 0.6 is 7.37 Å². The van der Waals surface area contributed by atoms with Gasteiger partial charge in [0, 0.05) is 19.2 Å². The normalized spacial score (nSPS) is 13.4. The molecule has 3 rings (SSSR count). The first-order chi connectivity index (χ1) is 17.5. The smallest absolute Gasteiger partial charge is 0.328 e. The van der Waals surface area contributed by atoms with Gasteiger partial charge in [0.2, 0.25) is 7.37 Å². The number of aryl methyl sites for hydroxylation is 2. The second-order valence-electron chi connectivity index (χ2n) is 9.41. The van der Waals surface area contributed by atoms with Crippen LogP contribution in [0.5, 0.6) is 5.75 Å². The summed E-state index contributed by atoms with van der Waals surface area (Å²) in [7, 11) is -3.18. The zero-order valence-electron chi connectivity index (χ0n) is 21.7. The molecule has 37 heavy (non-hydrogen) atoms. The molecule has 1 amide bonds. The number of hydrogen-bond acceptors (Lipinski definition) is 5. The Morgan fingerprint density at radius 3 is 2.22 bits per heavy atom. The van der Waals surface area contributed by atoms with Gasteiger partial charge < -0.3 is 20.1 Å². The van der Waals surface area contributed by atoms with Gasteiger partial charge in [-0.1, -0.05) is 48.5 Å². The van der Waals surface area contributed by atoms with E-state index in [-0.39, 0.29) is 30.5 Å². The van der Waals surface area contributed by atoms with E-state index < -0.39 is 25.3 Å². The number of phenolic OH excluding ortho intramolecular Hbond substituents is 1. The van der Waals surface area contributed by atoms with Gasteiger partial charge in [0.15, 0.2) is 0 Å². The van der Waals surface area contributed by atoms with E-state index in [2.05, 4.69) is 5.32 Å². The Balaban J connectivity index is 1.83. The quantitative estimate of drug-likeness (QED) is 0.257. The Hall–Kier alpha value is -3.41. The highest BCUT2D eigenvalue weighted by Crippen LogP contribution is 2.40. The number of carbonyl (C=O) groups excluding carboxylic acids is 2. The molecule has 0 aliphatic carbocycles. The summed E-state index contributed by atoms with van der Waals surface area (Å²) in [5.41, 5.74) is 5.55. The lowest BCUT2D eigenvalue weighted by molar-refractivity contribution is -0.145. The number of phenols is 1. The molecule has 3 aromatic rings. The molecule has 2 unspecified atom stereocenters. The van der Waals surface area contributed by atoms with Crippen molar-refractivity contribution in [2.45, 2.75) is 45.8 Å². The van der Waals surface area contributed by atoms with Crippen molar-refractivity contribution in [2.24, 2.45) is 0 Å². The number of rotatable bonds is 10. The van der Waals surface area contributed by atoms with Crippen LogP contribution in [0.25, 0.3) is 0 Å². The molecule has 0 bridgehead atoms. The van der Waals surface area contributed by atoms with Crippen molar-refractivity contribution < 1.29 is 28.9 Å². The van der Waals surface area contributed by atoms with E-state index in [0.717, 1.165) is 33.4 Å². The third kappa shape index (κ3) is 8.04. The Kier molecular flexibility index (Phi) is 9.30. The lowest BCUT2D eigenvalue weighted by atomic mass is 9.93. The Labute approximate surface area is 218 Å². The number of amides is 1. The van der Waals surface area contributed by atoms with E-state index in [1.165, 1.54) is 12.7 Å². The minimum atomic E-state index is -3.18. The van der Waals surface area contributed by atoms with Crippen molar-refractivity contribution in [1.82, 2.24) is 5.32 Å². The molecule has 196 valence electrons. The van der Waals surface area contributed by atoms with E-state index >= 15 is 0 Å². The summed E-state index contributed by atoms with van der Waals surface area (Å²) in [5, 5.41) is 13.2. The van der Waals surface area contributed by atoms with Crippen LogP contribution < -0.4 is 5.32 Å². The summed E-state index contributed by atoms with van der Waals surface area (Å²) in [4.78, 5) is 35.5. The van der Waals surface area contributed by atoms with Gasteiger partial charge in [-0.15, -0.1) is 0 Å². The Bertz CT molecular complexity index is 1290. The number of carbonyl (C=O) groups is 2. The molecule has 0 aliphatic heterocycles. The van der Waals surface area contributed by atoms with Gasteiger partial charge in [-0.25, -0.2) is 4.79 Å². The second kappa shape index (κ2) is 12.2. The fourth-order valence-electron chi connectivity index (χ4n) is 4.39. The van der Waals surface area contributed by atoms with Crippen LogP contribution in [0.4, 0.5) is 0 Å². The summed E-state index contributed by atoms with van der Waals surface area (Å²) >= 11 is 0. The van der Waals surface area contributed by atoms with Crippen molar-refractivity contribution in [3.8, 4) is 5.75 Å². The number of benzene rings is 3. The number of hydrogen-bond donors (Lipinski definition) is 3. The van der Waals surface area contributed by atoms with Crippen molar-refractivity contribution in [2.75, 3.05) is 13.3 Å². The minimum absolute atomic E-state index is 0.0685. The summed E-state index contributed by atoms with van der Waals surface area (Å²) in [6.45, 7) is 7.14. The molecule has 3 aromatic carbocycles. The molecule has 0 saturated carbocycles. The molecule has 0 saturated heterocycles. The van der Waals surface area contributed by atoms with E-state index in [1.54, 1.807) is 19.1 Å². The highest BCUT2D eigenvalue weighted by Gasteiger charge is 2.25. The first-order valence-electron chi connectivity index (χ1n) is 12.2. The fraction of sp³-hybridized carbons (Fsp3) is 0.310. The van der Waals surface area contributed by atoms with Gasteiger partial charge >= 0.3 is 5.97 Å². The van der Waals surface area contributed by atoms with Gasteiger partial charge in [-0.2, -0.15) is 0 Å². The van der Waals surface area contributed by atoms with Gasteiger partial charge in [-0.3, -0.25) is 9.36 Å². The van der Waals surface area contributed by atoms with Crippen LogP contribution in [0.3, 0.4) is 0 Å². The third-order valence-corrected chi connectivity index (χ3v) is 7.03. The van der Waals surface area contributed by atoms with Crippen molar-refractivity contribution in [3.63, 3.8) is 0 Å². The highest BCUT2D eigenvalue weighted by atomic mass is 31.2. The van der Waals surface area contributed by atoms with Crippen LogP contribution in [0.2, 0.25) is 0 Å². The average molecular weight is 524 g/mol. The van der Waals surface area contributed by atoms with Gasteiger partial charge in [0.25, 0.3) is 5.91 Å². The lowest BCUT2D eigenvalue weighted by Crippen LogP contribution is -2.43. The van der Waals surface area contributed by atoms with Crippen molar-refractivity contribution >= 4 is 19.2 Å². The predicted molar refractivity (Wildman–Crippen MR) is 144 cm³/mol.